The van der Waals surface area contributed by atoms with Gasteiger partial charge < -0.3 is 18.8 Å². The van der Waals surface area contributed by atoms with Crippen molar-refractivity contribution in [1.82, 2.24) is 14.4 Å². The SMILES string of the molecule is O=C(c1ccco1)N1C[C@@H]2C[C@H](C1)c1ccc(C(=O)N3CCCCCCC3)c(=O)n1C2. The number of nitrogens with zero attached hydrogens (tertiary/aromatic N) is 3. The highest BCUT2D eigenvalue weighted by Gasteiger charge is 2.38. The lowest BCUT2D eigenvalue weighted by molar-refractivity contribution is 0.0563. The van der Waals surface area contributed by atoms with Crippen molar-refractivity contribution in [3.05, 3.63) is 57.9 Å². The van der Waals surface area contributed by atoms with Crippen LogP contribution in [0.4, 0.5) is 0 Å². The first kappa shape index (κ1) is 20.1. The number of fused-ring (bicyclic) bond motifs is 4. The smallest absolute Gasteiger partial charge is 0.289 e. The second kappa shape index (κ2) is 8.36. The van der Waals surface area contributed by atoms with Gasteiger partial charge in [-0.25, -0.2) is 0 Å². The van der Waals surface area contributed by atoms with Gasteiger partial charge in [-0.1, -0.05) is 19.3 Å². The Morgan fingerprint density at radius 2 is 1.65 bits per heavy atom. The highest BCUT2D eigenvalue weighted by Crippen LogP contribution is 2.35. The van der Waals surface area contributed by atoms with Crippen molar-refractivity contribution >= 4 is 11.8 Å². The van der Waals surface area contributed by atoms with Crippen LogP contribution in [-0.2, 0) is 6.54 Å². The predicted octanol–water partition coefficient (Wildman–Crippen LogP) is 3.11. The van der Waals surface area contributed by atoms with Crippen LogP contribution in [0.25, 0.3) is 0 Å². The molecule has 31 heavy (non-hydrogen) atoms. The Balaban J connectivity index is 1.38. The van der Waals surface area contributed by atoms with Gasteiger partial charge in [0.1, 0.15) is 5.56 Å². The molecule has 164 valence electrons. The van der Waals surface area contributed by atoms with Crippen LogP contribution in [0, 0.1) is 5.92 Å². The Hall–Kier alpha value is -2.83. The standard InChI is InChI=1S/C24H29N3O4/c28-22(25-10-4-2-1-3-5-11-25)19-8-9-20-18-13-17(15-27(20)23(19)29)14-26(16-18)24(30)21-7-6-12-31-21/h6-9,12,17-18H,1-5,10-11,13-16H2/t17-,18+/m0/s1. The van der Waals surface area contributed by atoms with Gasteiger partial charge in [-0.05, 0) is 49.4 Å². The van der Waals surface area contributed by atoms with Gasteiger partial charge in [-0.15, -0.1) is 0 Å². The first-order valence-corrected chi connectivity index (χ1v) is 11.5. The number of hydrogen-bond donors (Lipinski definition) is 0. The van der Waals surface area contributed by atoms with E-state index in [-0.39, 0.29) is 34.8 Å². The van der Waals surface area contributed by atoms with Gasteiger partial charge in [0.05, 0.1) is 6.26 Å². The largest absolute Gasteiger partial charge is 0.459 e. The molecule has 5 heterocycles. The summed E-state index contributed by atoms with van der Waals surface area (Å²) < 4.78 is 7.08. The molecule has 3 aliphatic rings. The lowest BCUT2D eigenvalue weighted by Crippen LogP contribution is -2.50. The van der Waals surface area contributed by atoms with E-state index in [0.717, 1.165) is 50.9 Å². The molecule has 0 spiro atoms. The molecule has 2 atom stereocenters. The van der Waals surface area contributed by atoms with Gasteiger partial charge in [-0.3, -0.25) is 14.4 Å². The minimum atomic E-state index is -0.176. The number of pyridine rings is 1. The summed E-state index contributed by atoms with van der Waals surface area (Å²) in [5.74, 6) is 0.429. The number of carbonyl (C=O) groups excluding carboxylic acids is 2. The van der Waals surface area contributed by atoms with Crippen molar-refractivity contribution in [3.63, 3.8) is 0 Å². The average Bonchev–Trinajstić information content (AvgIpc) is 3.28. The number of hydrogen-bond acceptors (Lipinski definition) is 4. The number of furan rings is 1. The number of amides is 2. The molecular weight excluding hydrogens is 394 g/mol. The molecule has 2 saturated heterocycles. The van der Waals surface area contributed by atoms with E-state index in [2.05, 4.69) is 0 Å². The van der Waals surface area contributed by atoms with Crippen molar-refractivity contribution in [2.75, 3.05) is 26.2 Å². The molecule has 7 heteroatoms. The molecule has 2 fully saturated rings. The Kier molecular flexibility index (Phi) is 5.42. The predicted molar refractivity (Wildman–Crippen MR) is 115 cm³/mol. The normalized spacial score (nSPS) is 23.6. The molecule has 7 nitrogen and oxygen atoms in total. The van der Waals surface area contributed by atoms with E-state index in [1.54, 1.807) is 22.8 Å². The van der Waals surface area contributed by atoms with Crippen LogP contribution >= 0.6 is 0 Å². The third kappa shape index (κ3) is 3.82. The summed E-state index contributed by atoms with van der Waals surface area (Å²) in [6, 6.07) is 7.05. The second-order valence-electron chi connectivity index (χ2n) is 9.13. The van der Waals surface area contributed by atoms with Crippen LogP contribution in [0.3, 0.4) is 0 Å². The van der Waals surface area contributed by atoms with Crippen LogP contribution in [0.15, 0.2) is 39.7 Å². The first-order chi connectivity index (χ1) is 15.1. The van der Waals surface area contributed by atoms with E-state index in [9.17, 15) is 14.4 Å². The lowest BCUT2D eigenvalue weighted by Gasteiger charge is -2.42. The highest BCUT2D eigenvalue weighted by molar-refractivity contribution is 5.94. The molecule has 0 saturated carbocycles. The average molecular weight is 424 g/mol. The fraction of sp³-hybridized carbons (Fsp3) is 0.542. The van der Waals surface area contributed by atoms with Gasteiger partial charge >= 0.3 is 0 Å². The third-order valence-corrected chi connectivity index (χ3v) is 7.00. The zero-order chi connectivity index (χ0) is 21.4. The molecule has 2 bridgehead atoms. The van der Waals surface area contributed by atoms with E-state index in [1.165, 1.54) is 12.7 Å². The highest BCUT2D eigenvalue weighted by atomic mass is 16.3. The van der Waals surface area contributed by atoms with Crippen LogP contribution in [0.1, 0.15) is 71.0 Å². The molecule has 0 aliphatic carbocycles. The lowest BCUT2D eigenvalue weighted by atomic mass is 9.83. The minimum Gasteiger partial charge on any atom is -0.459 e. The number of aromatic nitrogens is 1. The summed E-state index contributed by atoms with van der Waals surface area (Å²) in [7, 11) is 0. The van der Waals surface area contributed by atoms with Gasteiger partial charge in [0, 0.05) is 44.3 Å². The second-order valence-corrected chi connectivity index (χ2v) is 9.13. The van der Waals surface area contributed by atoms with Crippen molar-refractivity contribution in [3.8, 4) is 0 Å². The van der Waals surface area contributed by atoms with Crippen LogP contribution in [0.5, 0.6) is 0 Å². The first-order valence-electron chi connectivity index (χ1n) is 11.5. The Bertz CT molecular complexity index is 1020. The van der Waals surface area contributed by atoms with E-state index < -0.39 is 0 Å². The van der Waals surface area contributed by atoms with Gasteiger partial charge in [-0.2, -0.15) is 0 Å². The van der Waals surface area contributed by atoms with Gasteiger partial charge in [0.25, 0.3) is 17.4 Å². The van der Waals surface area contributed by atoms with E-state index in [1.807, 2.05) is 15.9 Å². The summed E-state index contributed by atoms with van der Waals surface area (Å²) in [6.07, 6.45) is 7.99. The summed E-state index contributed by atoms with van der Waals surface area (Å²) in [5.41, 5.74) is 1.04. The molecule has 5 rings (SSSR count). The molecule has 2 aromatic rings. The van der Waals surface area contributed by atoms with Crippen LogP contribution < -0.4 is 5.56 Å². The zero-order valence-electron chi connectivity index (χ0n) is 17.8. The quantitative estimate of drug-likeness (QED) is 0.744. The number of likely N-dealkylation sites (tertiary alicyclic amines) is 2. The number of piperidine rings is 1. The van der Waals surface area contributed by atoms with E-state index in [0.29, 0.717) is 25.4 Å². The Morgan fingerprint density at radius 3 is 2.39 bits per heavy atom. The monoisotopic (exact) mass is 423 g/mol. The molecule has 0 aromatic carbocycles. The zero-order valence-corrected chi connectivity index (χ0v) is 17.8. The Labute approximate surface area is 181 Å². The van der Waals surface area contributed by atoms with Crippen LogP contribution in [0.2, 0.25) is 0 Å². The summed E-state index contributed by atoms with van der Waals surface area (Å²) in [4.78, 5) is 42.9. The molecule has 0 radical (unpaired) electrons. The van der Waals surface area contributed by atoms with E-state index >= 15 is 0 Å². The number of rotatable bonds is 2. The maximum Gasteiger partial charge on any atom is 0.289 e. The summed E-state index contributed by atoms with van der Waals surface area (Å²) in [6.45, 7) is 3.18. The minimum absolute atomic E-state index is 0.0978. The maximum atomic E-state index is 13.3. The fourth-order valence-corrected chi connectivity index (χ4v) is 5.45. The van der Waals surface area contributed by atoms with Gasteiger partial charge in [0.15, 0.2) is 5.76 Å². The number of carbonyl (C=O) groups is 2. The van der Waals surface area contributed by atoms with Crippen LogP contribution in [-0.4, -0.2) is 52.4 Å². The fourth-order valence-electron chi connectivity index (χ4n) is 5.45. The molecule has 2 amide bonds. The molecule has 0 N–H and O–H groups in total. The van der Waals surface area contributed by atoms with Crippen molar-refractivity contribution in [2.24, 2.45) is 5.92 Å². The molecule has 0 unspecified atom stereocenters. The topological polar surface area (TPSA) is 75.8 Å². The van der Waals surface area contributed by atoms with Crippen molar-refractivity contribution in [2.45, 2.75) is 51.0 Å². The maximum absolute atomic E-state index is 13.3. The molecule has 3 aliphatic heterocycles. The summed E-state index contributed by atoms with van der Waals surface area (Å²) in [5, 5.41) is 0. The van der Waals surface area contributed by atoms with Crippen molar-refractivity contribution in [1.29, 1.82) is 0 Å². The van der Waals surface area contributed by atoms with Gasteiger partial charge in [0.2, 0.25) is 0 Å². The van der Waals surface area contributed by atoms with Crippen molar-refractivity contribution < 1.29 is 14.0 Å². The molecular formula is C24H29N3O4. The third-order valence-electron chi connectivity index (χ3n) is 7.00. The summed E-state index contributed by atoms with van der Waals surface area (Å²) >= 11 is 0. The Morgan fingerprint density at radius 1 is 0.871 bits per heavy atom. The van der Waals surface area contributed by atoms with E-state index in [4.69, 9.17) is 4.42 Å². The molecule has 2 aromatic heterocycles.